The Balaban J connectivity index is 1.92. The van der Waals surface area contributed by atoms with Crippen LogP contribution >= 0.6 is 11.5 Å². The van der Waals surface area contributed by atoms with E-state index in [2.05, 4.69) is 29.2 Å². The van der Waals surface area contributed by atoms with E-state index in [1.165, 1.54) is 37.4 Å². The normalized spacial score (nSPS) is 23.5. The number of rotatable bonds is 3. The van der Waals surface area contributed by atoms with Crippen LogP contribution in [0.4, 0.5) is 0 Å². The van der Waals surface area contributed by atoms with Crippen LogP contribution in [-0.4, -0.2) is 28.9 Å². The molecule has 84 valence electrons. The minimum Gasteiger partial charge on any atom is -0.302 e. The number of likely N-dealkylation sites (tertiary alicyclic amines) is 1. The van der Waals surface area contributed by atoms with Crippen molar-refractivity contribution in [3.8, 4) is 0 Å². The molecule has 3 heteroatoms. The zero-order chi connectivity index (χ0) is 10.7. The lowest BCUT2D eigenvalue weighted by Gasteiger charge is -2.33. The Bertz CT molecular complexity index is 282. The van der Waals surface area contributed by atoms with Crippen LogP contribution in [0.25, 0.3) is 0 Å². The van der Waals surface area contributed by atoms with Crippen LogP contribution in [0.2, 0.25) is 0 Å². The van der Waals surface area contributed by atoms with Gasteiger partial charge in [0.2, 0.25) is 0 Å². The second-order valence-electron chi connectivity index (χ2n) is 4.91. The highest BCUT2D eigenvalue weighted by molar-refractivity contribution is 7.05. The van der Waals surface area contributed by atoms with E-state index in [1.807, 2.05) is 6.20 Å². The van der Waals surface area contributed by atoms with Gasteiger partial charge < -0.3 is 4.90 Å². The molecular weight excluding hydrogens is 204 g/mol. The summed E-state index contributed by atoms with van der Waals surface area (Å²) in [6.45, 7) is 8.37. The molecule has 1 aromatic heterocycles. The summed E-state index contributed by atoms with van der Waals surface area (Å²) < 4.78 is 4.21. The van der Waals surface area contributed by atoms with E-state index in [0.717, 1.165) is 11.8 Å². The van der Waals surface area contributed by atoms with Gasteiger partial charge in [-0.3, -0.25) is 0 Å². The van der Waals surface area contributed by atoms with Crippen molar-refractivity contribution in [3.05, 3.63) is 17.1 Å². The van der Waals surface area contributed by atoms with Crippen LogP contribution in [0.3, 0.4) is 0 Å². The van der Waals surface area contributed by atoms with Crippen molar-refractivity contribution < 1.29 is 0 Å². The van der Waals surface area contributed by atoms with Gasteiger partial charge >= 0.3 is 0 Å². The zero-order valence-corrected chi connectivity index (χ0v) is 10.5. The molecule has 1 aliphatic heterocycles. The maximum Gasteiger partial charge on any atom is 0.0409 e. The fourth-order valence-corrected chi connectivity index (χ4v) is 3.11. The van der Waals surface area contributed by atoms with Crippen molar-refractivity contribution in [3.63, 3.8) is 0 Å². The Morgan fingerprint density at radius 2 is 2.47 bits per heavy atom. The molecule has 15 heavy (non-hydrogen) atoms. The van der Waals surface area contributed by atoms with Gasteiger partial charge in [0.05, 0.1) is 0 Å². The summed E-state index contributed by atoms with van der Waals surface area (Å²) in [7, 11) is 0. The average Bonchev–Trinajstić information content (AvgIpc) is 2.69. The Kier molecular flexibility index (Phi) is 3.76. The quantitative estimate of drug-likeness (QED) is 0.784. The first-order valence-corrected chi connectivity index (χ1v) is 6.66. The summed E-state index contributed by atoms with van der Waals surface area (Å²) in [6.07, 6.45) is 4.62. The summed E-state index contributed by atoms with van der Waals surface area (Å²) in [6, 6.07) is 2.19. The van der Waals surface area contributed by atoms with Gasteiger partial charge in [-0.05, 0) is 42.9 Å². The van der Waals surface area contributed by atoms with Crippen LogP contribution < -0.4 is 0 Å². The summed E-state index contributed by atoms with van der Waals surface area (Å²) in [4.78, 5) is 4.09. The summed E-state index contributed by atoms with van der Waals surface area (Å²) in [5.41, 5.74) is 0. The van der Waals surface area contributed by atoms with Crippen LogP contribution in [0.5, 0.6) is 0 Å². The van der Waals surface area contributed by atoms with Crippen molar-refractivity contribution in [1.82, 2.24) is 9.27 Å². The van der Waals surface area contributed by atoms with E-state index >= 15 is 0 Å². The molecule has 2 nitrogen and oxygen atoms in total. The van der Waals surface area contributed by atoms with Gasteiger partial charge in [-0.15, -0.1) is 0 Å². The molecule has 0 radical (unpaired) electrons. The molecule has 1 fully saturated rings. The number of hydrogen-bond donors (Lipinski definition) is 0. The van der Waals surface area contributed by atoms with Gasteiger partial charge in [-0.25, -0.2) is 4.37 Å². The first kappa shape index (κ1) is 11.1. The average molecular weight is 224 g/mol. The number of hydrogen-bond acceptors (Lipinski definition) is 3. The van der Waals surface area contributed by atoms with E-state index in [9.17, 15) is 0 Å². The highest BCUT2D eigenvalue weighted by Crippen LogP contribution is 2.29. The Morgan fingerprint density at radius 3 is 3.13 bits per heavy atom. The summed E-state index contributed by atoms with van der Waals surface area (Å²) >= 11 is 1.67. The maximum atomic E-state index is 4.21. The van der Waals surface area contributed by atoms with Crippen LogP contribution in [0, 0.1) is 5.92 Å². The van der Waals surface area contributed by atoms with Gasteiger partial charge in [0.25, 0.3) is 0 Å². The molecule has 0 bridgehead atoms. The van der Waals surface area contributed by atoms with Crippen molar-refractivity contribution in [2.24, 2.45) is 5.92 Å². The third-order valence-corrected chi connectivity index (χ3v) is 3.90. The lowest BCUT2D eigenvalue weighted by molar-refractivity contribution is 0.189. The molecule has 0 aromatic carbocycles. The van der Waals surface area contributed by atoms with E-state index in [0.29, 0.717) is 0 Å². The van der Waals surface area contributed by atoms with Gasteiger partial charge in [-0.2, -0.15) is 0 Å². The van der Waals surface area contributed by atoms with Gasteiger partial charge in [0.15, 0.2) is 0 Å². The molecular formula is C12H20N2S. The molecule has 1 saturated heterocycles. The second-order valence-corrected chi connectivity index (χ2v) is 5.77. The first-order chi connectivity index (χ1) is 7.25. The Hall–Kier alpha value is -0.410. The minimum atomic E-state index is 0.741. The van der Waals surface area contributed by atoms with Crippen molar-refractivity contribution >= 4 is 11.5 Å². The Labute approximate surface area is 96.5 Å². The molecule has 0 N–H and O–H groups in total. The number of nitrogens with zero attached hydrogens (tertiary/aromatic N) is 2. The second kappa shape index (κ2) is 5.08. The molecule has 0 aliphatic carbocycles. The van der Waals surface area contributed by atoms with Gasteiger partial charge in [0.1, 0.15) is 0 Å². The molecule has 0 saturated carbocycles. The molecule has 2 heterocycles. The number of piperidine rings is 1. The lowest BCUT2D eigenvalue weighted by Crippen LogP contribution is -2.36. The molecule has 2 rings (SSSR count). The van der Waals surface area contributed by atoms with E-state index in [4.69, 9.17) is 0 Å². The third kappa shape index (κ3) is 3.02. The predicted octanol–water partition coefficient (Wildman–Crippen LogP) is 2.98. The molecule has 1 aliphatic rings. The highest BCUT2D eigenvalue weighted by Gasteiger charge is 2.22. The summed E-state index contributed by atoms with van der Waals surface area (Å²) in [5, 5.41) is 0. The van der Waals surface area contributed by atoms with Crippen LogP contribution in [0.15, 0.2) is 12.3 Å². The van der Waals surface area contributed by atoms with E-state index < -0.39 is 0 Å². The standard InChI is InChI=1S/C12H20N2S/c1-10(2)8-14-7-3-4-11(9-14)12-5-6-13-15-12/h5-6,10-11H,3-4,7-9H2,1-2H3. The molecule has 1 unspecified atom stereocenters. The zero-order valence-electron chi connectivity index (χ0n) is 9.65. The maximum absolute atomic E-state index is 4.21. The van der Waals surface area contributed by atoms with Crippen LogP contribution in [0.1, 0.15) is 37.5 Å². The van der Waals surface area contributed by atoms with Crippen molar-refractivity contribution in [1.29, 1.82) is 0 Å². The van der Waals surface area contributed by atoms with Crippen molar-refractivity contribution in [2.75, 3.05) is 19.6 Å². The topological polar surface area (TPSA) is 16.1 Å². The molecule has 0 amide bonds. The van der Waals surface area contributed by atoms with E-state index in [-0.39, 0.29) is 0 Å². The molecule has 1 aromatic rings. The monoisotopic (exact) mass is 224 g/mol. The fraction of sp³-hybridized carbons (Fsp3) is 0.750. The summed E-state index contributed by atoms with van der Waals surface area (Å²) in [5.74, 6) is 1.52. The van der Waals surface area contributed by atoms with Crippen molar-refractivity contribution in [2.45, 2.75) is 32.6 Å². The fourth-order valence-electron chi connectivity index (χ4n) is 2.41. The Morgan fingerprint density at radius 1 is 1.60 bits per heavy atom. The van der Waals surface area contributed by atoms with Gasteiger partial charge in [-0.1, -0.05) is 13.8 Å². The molecule has 0 spiro atoms. The molecule has 1 atom stereocenters. The smallest absolute Gasteiger partial charge is 0.0409 e. The predicted molar refractivity (Wildman–Crippen MR) is 65.4 cm³/mol. The third-order valence-electron chi connectivity index (χ3n) is 2.99. The van der Waals surface area contributed by atoms with Crippen LogP contribution in [-0.2, 0) is 0 Å². The number of aromatic nitrogens is 1. The SMILES string of the molecule is CC(C)CN1CCCC(c2ccns2)C1. The van der Waals surface area contributed by atoms with Gasteiger partial charge in [0, 0.05) is 30.1 Å². The largest absolute Gasteiger partial charge is 0.302 e. The minimum absolute atomic E-state index is 0.741. The lowest BCUT2D eigenvalue weighted by atomic mass is 9.96. The van der Waals surface area contributed by atoms with E-state index in [1.54, 1.807) is 11.5 Å². The highest BCUT2D eigenvalue weighted by atomic mass is 32.1. The first-order valence-electron chi connectivity index (χ1n) is 5.88.